The monoisotopic (exact) mass is 379 g/mol. The number of halogens is 1. The average Bonchev–Trinajstić information content (AvgIpc) is 2.59. The lowest BCUT2D eigenvalue weighted by Crippen LogP contribution is -2.73. The van der Waals surface area contributed by atoms with E-state index in [2.05, 4.69) is 10.6 Å². The number of esters is 1. The molecule has 1 amide bonds. The molecule has 2 rings (SSSR count). The van der Waals surface area contributed by atoms with Crippen LogP contribution in [0, 0.1) is 23.2 Å². The van der Waals surface area contributed by atoms with E-state index in [0.717, 1.165) is 7.11 Å². The van der Waals surface area contributed by atoms with Crippen molar-refractivity contribution in [2.75, 3.05) is 7.11 Å². The molecule has 9 heteroatoms. The lowest BCUT2D eigenvalue weighted by atomic mass is 9.70. The number of benzene rings is 1. The topological polar surface area (TPSA) is 108 Å². The Labute approximate surface area is 154 Å². The quantitative estimate of drug-likeness (QED) is 0.460. The standard InChI is InChI=1S/C16H14ClN3O4S/c1-8(12(21)9-3-5-10(17)6-4-9)16(14(23)24-2)11(7-18)13(22)19-15(25)20-16/h3-6,8,11H,1-2H3,(H2,19,20,22,25). The molecule has 0 saturated carbocycles. The smallest absolute Gasteiger partial charge is 0.334 e. The SMILES string of the molecule is COC(=O)C1(C(C)C(=O)c2ccc(Cl)cc2)NC(=S)NC(=O)C1C#N. The Bertz CT molecular complexity index is 790. The highest BCUT2D eigenvalue weighted by atomic mass is 35.5. The number of methoxy groups -OCH3 is 1. The molecule has 1 fully saturated rings. The number of nitrogens with one attached hydrogen (secondary N) is 2. The molecule has 1 aliphatic rings. The van der Waals surface area contributed by atoms with Gasteiger partial charge in [0.2, 0.25) is 5.91 Å². The summed E-state index contributed by atoms with van der Waals surface area (Å²) in [5.74, 6) is -4.78. The van der Waals surface area contributed by atoms with Crippen molar-refractivity contribution in [2.45, 2.75) is 12.5 Å². The van der Waals surface area contributed by atoms with E-state index in [-0.39, 0.29) is 10.7 Å². The summed E-state index contributed by atoms with van der Waals surface area (Å²) in [7, 11) is 1.11. The summed E-state index contributed by atoms with van der Waals surface area (Å²) in [5, 5.41) is 14.6. The highest BCUT2D eigenvalue weighted by Gasteiger charge is 2.59. The first-order chi connectivity index (χ1) is 11.8. The van der Waals surface area contributed by atoms with Gasteiger partial charge >= 0.3 is 5.97 Å². The van der Waals surface area contributed by atoms with Gasteiger partial charge in [0.05, 0.1) is 19.1 Å². The molecule has 7 nitrogen and oxygen atoms in total. The van der Waals surface area contributed by atoms with Crippen LogP contribution in [0.5, 0.6) is 0 Å². The number of carbonyl (C=O) groups excluding carboxylic acids is 3. The molecular formula is C16H14ClN3O4S. The predicted octanol–water partition coefficient (Wildman–Crippen LogP) is 1.21. The van der Waals surface area contributed by atoms with Gasteiger partial charge in [-0.25, -0.2) is 4.79 Å². The van der Waals surface area contributed by atoms with Gasteiger partial charge in [-0.3, -0.25) is 9.59 Å². The van der Waals surface area contributed by atoms with Gasteiger partial charge in [0, 0.05) is 10.6 Å². The second-order valence-corrected chi connectivity index (χ2v) is 6.30. The minimum absolute atomic E-state index is 0.155. The molecule has 1 aromatic rings. The molecule has 0 bridgehead atoms. The summed E-state index contributed by atoms with van der Waals surface area (Å²) in [6.45, 7) is 1.44. The third-order valence-electron chi connectivity index (χ3n) is 4.13. The van der Waals surface area contributed by atoms with E-state index < -0.39 is 35.0 Å². The number of nitriles is 1. The summed E-state index contributed by atoms with van der Waals surface area (Å²) in [6.07, 6.45) is 0. The zero-order valence-corrected chi connectivity index (χ0v) is 14.9. The molecule has 2 N–H and O–H groups in total. The number of Topliss-reactive ketones (excluding diaryl/α,β-unsaturated/α-hetero) is 1. The van der Waals surface area contributed by atoms with Gasteiger partial charge in [-0.05, 0) is 36.5 Å². The molecule has 1 aromatic carbocycles. The zero-order chi connectivity index (χ0) is 18.8. The predicted molar refractivity (Wildman–Crippen MR) is 92.7 cm³/mol. The normalized spacial score (nSPS) is 23.7. The fourth-order valence-electron chi connectivity index (χ4n) is 2.79. The van der Waals surface area contributed by atoms with Crippen LogP contribution in [-0.2, 0) is 14.3 Å². The maximum Gasteiger partial charge on any atom is 0.334 e. The number of carbonyl (C=O) groups is 3. The first-order valence-electron chi connectivity index (χ1n) is 7.18. The van der Waals surface area contributed by atoms with Crippen molar-refractivity contribution in [1.29, 1.82) is 5.26 Å². The number of hydrogen-bond donors (Lipinski definition) is 2. The molecule has 0 aromatic heterocycles. The fourth-order valence-corrected chi connectivity index (χ4v) is 3.18. The number of thiocarbonyl (C=S) groups is 1. The van der Waals surface area contributed by atoms with Crippen LogP contribution in [0.2, 0.25) is 5.02 Å². The van der Waals surface area contributed by atoms with Gasteiger partial charge in [0.25, 0.3) is 0 Å². The van der Waals surface area contributed by atoms with Gasteiger partial charge in [-0.2, -0.15) is 5.26 Å². The third-order valence-corrected chi connectivity index (χ3v) is 4.59. The lowest BCUT2D eigenvalue weighted by molar-refractivity contribution is -0.154. The summed E-state index contributed by atoms with van der Waals surface area (Å²) in [6, 6.07) is 7.81. The van der Waals surface area contributed by atoms with E-state index in [4.69, 9.17) is 28.6 Å². The minimum Gasteiger partial charge on any atom is -0.467 e. The maximum atomic E-state index is 12.9. The average molecular weight is 380 g/mol. The maximum absolute atomic E-state index is 12.9. The molecule has 1 heterocycles. The fraction of sp³-hybridized carbons (Fsp3) is 0.312. The molecule has 0 radical (unpaired) electrons. The number of nitrogens with zero attached hydrogens (tertiary/aromatic N) is 1. The summed E-state index contributed by atoms with van der Waals surface area (Å²) >= 11 is 10.8. The van der Waals surface area contributed by atoms with E-state index in [1.54, 1.807) is 6.07 Å². The summed E-state index contributed by atoms with van der Waals surface area (Å²) in [4.78, 5) is 37.6. The number of hydrogen-bond acceptors (Lipinski definition) is 6. The Morgan fingerprint density at radius 3 is 2.52 bits per heavy atom. The Hall–Kier alpha value is -2.50. The van der Waals surface area contributed by atoms with Gasteiger partial charge in [-0.1, -0.05) is 18.5 Å². The van der Waals surface area contributed by atoms with E-state index in [1.807, 2.05) is 0 Å². The lowest BCUT2D eigenvalue weighted by Gasteiger charge is -2.42. The molecular weight excluding hydrogens is 366 g/mol. The first kappa shape index (κ1) is 18.8. The van der Waals surface area contributed by atoms with Crippen LogP contribution in [0.1, 0.15) is 17.3 Å². The Kier molecular flexibility index (Phi) is 5.40. The van der Waals surface area contributed by atoms with E-state index >= 15 is 0 Å². The first-order valence-corrected chi connectivity index (χ1v) is 7.97. The van der Waals surface area contributed by atoms with E-state index in [1.165, 1.54) is 31.2 Å². The van der Waals surface area contributed by atoms with Crippen molar-refractivity contribution in [2.24, 2.45) is 11.8 Å². The van der Waals surface area contributed by atoms with Gasteiger partial charge in [0.15, 0.2) is 22.4 Å². The third kappa shape index (κ3) is 3.21. The van der Waals surface area contributed by atoms with Gasteiger partial charge < -0.3 is 15.4 Å². The van der Waals surface area contributed by atoms with E-state index in [0.29, 0.717) is 5.02 Å². The Morgan fingerprint density at radius 1 is 1.40 bits per heavy atom. The Morgan fingerprint density at radius 2 is 2.00 bits per heavy atom. The largest absolute Gasteiger partial charge is 0.467 e. The summed E-state index contributed by atoms with van der Waals surface area (Å²) in [5.41, 5.74) is -1.66. The second-order valence-electron chi connectivity index (χ2n) is 5.46. The van der Waals surface area contributed by atoms with Crippen LogP contribution < -0.4 is 10.6 Å². The minimum atomic E-state index is -1.93. The van der Waals surface area contributed by atoms with Crippen molar-refractivity contribution in [3.8, 4) is 6.07 Å². The molecule has 130 valence electrons. The molecule has 0 aliphatic carbocycles. The molecule has 1 saturated heterocycles. The van der Waals surface area contributed by atoms with Crippen molar-refractivity contribution >= 4 is 46.6 Å². The Balaban J connectivity index is 2.55. The van der Waals surface area contributed by atoms with E-state index in [9.17, 15) is 19.6 Å². The van der Waals surface area contributed by atoms with Crippen molar-refractivity contribution in [1.82, 2.24) is 10.6 Å². The van der Waals surface area contributed by atoms with Crippen LogP contribution in [0.25, 0.3) is 0 Å². The molecule has 25 heavy (non-hydrogen) atoms. The molecule has 3 atom stereocenters. The number of ether oxygens (including phenoxy) is 1. The number of amides is 1. The van der Waals surface area contributed by atoms with Gasteiger partial charge in [-0.15, -0.1) is 0 Å². The summed E-state index contributed by atoms with van der Waals surface area (Å²) < 4.78 is 4.78. The van der Waals surface area contributed by atoms with Crippen molar-refractivity contribution in [3.63, 3.8) is 0 Å². The highest BCUT2D eigenvalue weighted by Crippen LogP contribution is 2.33. The van der Waals surface area contributed by atoms with Crippen molar-refractivity contribution in [3.05, 3.63) is 34.9 Å². The number of ketones is 1. The van der Waals surface area contributed by atoms with Crippen LogP contribution in [0.4, 0.5) is 0 Å². The number of rotatable bonds is 4. The highest BCUT2D eigenvalue weighted by molar-refractivity contribution is 7.80. The second kappa shape index (κ2) is 7.17. The molecule has 0 spiro atoms. The van der Waals surface area contributed by atoms with Gasteiger partial charge in [0.1, 0.15) is 0 Å². The molecule has 3 unspecified atom stereocenters. The van der Waals surface area contributed by atoms with Crippen LogP contribution in [0.3, 0.4) is 0 Å². The van der Waals surface area contributed by atoms with Crippen LogP contribution in [-0.4, -0.2) is 35.4 Å². The molecule has 1 aliphatic heterocycles. The van der Waals surface area contributed by atoms with Crippen molar-refractivity contribution < 1.29 is 19.1 Å². The van der Waals surface area contributed by atoms with Crippen LogP contribution >= 0.6 is 23.8 Å². The zero-order valence-electron chi connectivity index (χ0n) is 13.3. The van der Waals surface area contributed by atoms with Crippen LogP contribution in [0.15, 0.2) is 24.3 Å².